The lowest BCUT2D eigenvalue weighted by atomic mass is 9.95. The zero-order valence-electron chi connectivity index (χ0n) is 20.7. The first-order chi connectivity index (χ1) is 17.3. The number of aliphatic carboxylic acids is 1. The van der Waals surface area contributed by atoms with Gasteiger partial charge >= 0.3 is 11.5 Å². The second-order valence-electron chi connectivity index (χ2n) is 9.56. The van der Waals surface area contributed by atoms with E-state index < -0.39 is 53.6 Å². The molecule has 2 unspecified atom stereocenters. The van der Waals surface area contributed by atoms with Crippen LogP contribution in [0.5, 0.6) is 0 Å². The van der Waals surface area contributed by atoms with E-state index in [1.165, 1.54) is 18.2 Å². The first kappa shape index (κ1) is 29.4. The molecule has 2 aromatic rings. The van der Waals surface area contributed by atoms with E-state index in [1.54, 1.807) is 26.0 Å². The molecular formula is C24H27F3N2O7S2. The summed E-state index contributed by atoms with van der Waals surface area (Å²) in [5.74, 6) is -1.88. The Balaban J connectivity index is 1.74. The van der Waals surface area contributed by atoms with Crippen LogP contribution in [0.1, 0.15) is 49.4 Å². The number of alkyl halides is 3. The number of rotatable bonds is 10. The molecule has 0 bridgehead atoms. The number of nitrogens with one attached hydrogen (secondary N) is 2. The molecule has 0 radical (unpaired) electrons. The zero-order chi connectivity index (χ0) is 28.7. The van der Waals surface area contributed by atoms with Crippen molar-refractivity contribution < 1.29 is 44.7 Å². The van der Waals surface area contributed by atoms with E-state index in [-0.39, 0.29) is 24.4 Å². The van der Waals surface area contributed by atoms with E-state index in [0.717, 1.165) is 18.4 Å². The Labute approximate surface area is 218 Å². The van der Waals surface area contributed by atoms with Crippen molar-refractivity contribution in [1.29, 1.82) is 0 Å². The Hall–Kier alpha value is -3.13. The number of sulfonamides is 1. The van der Waals surface area contributed by atoms with Gasteiger partial charge in [0, 0.05) is 17.8 Å². The Morgan fingerprint density at radius 1 is 1.11 bits per heavy atom. The summed E-state index contributed by atoms with van der Waals surface area (Å²) >= 11 is 0. The molecule has 208 valence electrons. The van der Waals surface area contributed by atoms with E-state index >= 15 is 0 Å². The predicted molar refractivity (Wildman–Crippen MR) is 133 cm³/mol. The summed E-state index contributed by atoms with van der Waals surface area (Å²) in [6, 6.07) is 8.50. The van der Waals surface area contributed by atoms with Crippen LogP contribution in [0.15, 0.2) is 47.4 Å². The van der Waals surface area contributed by atoms with Gasteiger partial charge in [-0.05, 0) is 54.7 Å². The average Bonchev–Trinajstić information content (AvgIpc) is 3.49. The molecule has 9 nitrogen and oxygen atoms in total. The van der Waals surface area contributed by atoms with Gasteiger partial charge in [-0.2, -0.15) is 13.2 Å². The number of benzene rings is 2. The standard InChI is InChI=1S/C24H27F3N2O7S2/c1-14(15-4-10-20(29-37(3,33)34)16(12-15)5-11-21(30)31)28-22(32)19-13-23(19,2)17-6-8-18(9-7-17)38(35,36)24(25,26)27/h4,6-10,12,14,19,29H,5,11,13H2,1-3H3,(H,28,32)(H,30,31)/t14-,19?,23?/m1/s1. The van der Waals surface area contributed by atoms with Crippen molar-refractivity contribution in [3.05, 3.63) is 59.2 Å². The molecule has 0 aromatic heterocycles. The SMILES string of the molecule is C[C@@H](NC(=O)C1CC1(C)c1ccc(S(=O)(=O)C(F)(F)F)cc1)c1ccc(NS(C)(=O)=O)c(CCC(=O)O)c1. The van der Waals surface area contributed by atoms with Crippen LogP contribution in [0, 0.1) is 5.92 Å². The molecule has 3 atom stereocenters. The fourth-order valence-electron chi connectivity index (χ4n) is 4.24. The van der Waals surface area contributed by atoms with Crippen molar-refractivity contribution in [3.8, 4) is 0 Å². The van der Waals surface area contributed by atoms with Gasteiger partial charge in [0.2, 0.25) is 15.9 Å². The molecular weight excluding hydrogens is 549 g/mol. The van der Waals surface area contributed by atoms with Crippen LogP contribution in [0.2, 0.25) is 0 Å². The van der Waals surface area contributed by atoms with Gasteiger partial charge in [0.15, 0.2) is 0 Å². The topological polar surface area (TPSA) is 147 Å². The lowest BCUT2D eigenvalue weighted by molar-refractivity contribution is -0.137. The number of carbonyl (C=O) groups is 2. The minimum absolute atomic E-state index is 0.0580. The molecule has 0 saturated heterocycles. The van der Waals surface area contributed by atoms with Gasteiger partial charge in [0.25, 0.3) is 9.84 Å². The second-order valence-corrected chi connectivity index (χ2v) is 13.3. The average molecular weight is 577 g/mol. The van der Waals surface area contributed by atoms with E-state index in [2.05, 4.69) is 10.0 Å². The molecule has 1 fully saturated rings. The molecule has 3 N–H and O–H groups in total. The number of hydrogen-bond donors (Lipinski definition) is 3. The van der Waals surface area contributed by atoms with Crippen LogP contribution < -0.4 is 10.0 Å². The Morgan fingerprint density at radius 2 is 1.71 bits per heavy atom. The highest BCUT2D eigenvalue weighted by molar-refractivity contribution is 7.92. The number of anilines is 1. The van der Waals surface area contributed by atoms with E-state index in [4.69, 9.17) is 5.11 Å². The number of carboxylic acid groups (broad SMARTS) is 1. The lowest BCUT2D eigenvalue weighted by Crippen LogP contribution is -2.30. The summed E-state index contributed by atoms with van der Waals surface area (Å²) in [7, 11) is -9.08. The summed E-state index contributed by atoms with van der Waals surface area (Å²) in [5.41, 5.74) is -4.28. The van der Waals surface area contributed by atoms with Gasteiger partial charge in [-0.3, -0.25) is 14.3 Å². The third kappa shape index (κ3) is 6.46. The third-order valence-electron chi connectivity index (χ3n) is 6.57. The van der Waals surface area contributed by atoms with Crippen molar-refractivity contribution in [2.45, 2.75) is 55.0 Å². The van der Waals surface area contributed by atoms with Crippen LogP contribution in [0.25, 0.3) is 0 Å². The molecule has 3 rings (SSSR count). The summed E-state index contributed by atoms with van der Waals surface area (Å²) in [4.78, 5) is 23.1. The zero-order valence-corrected chi connectivity index (χ0v) is 22.3. The summed E-state index contributed by atoms with van der Waals surface area (Å²) in [6.45, 7) is 3.46. The number of amides is 1. The number of aryl methyl sites for hydroxylation is 1. The quantitative estimate of drug-likeness (QED) is 0.392. The Kier molecular flexibility index (Phi) is 7.91. The maximum Gasteiger partial charge on any atom is 0.501 e. The fraction of sp³-hybridized carbons (Fsp3) is 0.417. The fourth-order valence-corrected chi connectivity index (χ4v) is 5.60. The first-order valence-corrected chi connectivity index (χ1v) is 14.8. The summed E-state index contributed by atoms with van der Waals surface area (Å²) < 4.78 is 87.3. The van der Waals surface area contributed by atoms with Gasteiger partial charge in [-0.25, -0.2) is 16.8 Å². The van der Waals surface area contributed by atoms with Crippen molar-refractivity contribution in [2.75, 3.05) is 11.0 Å². The van der Waals surface area contributed by atoms with Gasteiger partial charge in [-0.1, -0.05) is 31.2 Å². The Morgan fingerprint density at radius 3 is 2.24 bits per heavy atom. The van der Waals surface area contributed by atoms with E-state index in [0.29, 0.717) is 23.1 Å². The predicted octanol–water partition coefficient (Wildman–Crippen LogP) is 3.52. The Bertz CT molecular complexity index is 1460. The first-order valence-electron chi connectivity index (χ1n) is 11.4. The van der Waals surface area contributed by atoms with Gasteiger partial charge in [-0.15, -0.1) is 0 Å². The van der Waals surface area contributed by atoms with Crippen LogP contribution in [0.3, 0.4) is 0 Å². The van der Waals surface area contributed by atoms with Crippen LogP contribution in [0.4, 0.5) is 18.9 Å². The minimum atomic E-state index is -5.47. The van der Waals surface area contributed by atoms with Crippen LogP contribution in [-0.2, 0) is 41.3 Å². The van der Waals surface area contributed by atoms with E-state index in [1.807, 2.05) is 0 Å². The maximum atomic E-state index is 13.0. The molecule has 1 saturated carbocycles. The monoisotopic (exact) mass is 576 g/mol. The van der Waals surface area contributed by atoms with Crippen LogP contribution >= 0.6 is 0 Å². The normalized spacial score (nSPS) is 20.4. The summed E-state index contributed by atoms with van der Waals surface area (Å²) in [5, 5.41) is 11.9. The number of sulfone groups is 1. The maximum absolute atomic E-state index is 13.0. The lowest BCUT2D eigenvalue weighted by Gasteiger charge is -2.19. The molecule has 1 aliphatic carbocycles. The summed E-state index contributed by atoms with van der Waals surface area (Å²) in [6.07, 6.45) is 1.20. The molecule has 0 aliphatic heterocycles. The van der Waals surface area contributed by atoms with E-state index in [9.17, 15) is 39.6 Å². The van der Waals surface area contributed by atoms with Crippen molar-refractivity contribution in [3.63, 3.8) is 0 Å². The molecule has 1 aliphatic rings. The number of hydrogen-bond acceptors (Lipinski definition) is 6. The van der Waals surface area contributed by atoms with Crippen LogP contribution in [-0.4, -0.2) is 45.6 Å². The van der Waals surface area contributed by atoms with Gasteiger partial charge in [0.05, 0.1) is 22.9 Å². The van der Waals surface area contributed by atoms with Gasteiger partial charge in [0.1, 0.15) is 0 Å². The van der Waals surface area contributed by atoms with Crippen molar-refractivity contribution in [1.82, 2.24) is 5.32 Å². The molecule has 38 heavy (non-hydrogen) atoms. The minimum Gasteiger partial charge on any atom is -0.481 e. The number of carbonyl (C=O) groups excluding carboxylic acids is 1. The van der Waals surface area contributed by atoms with Gasteiger partial charge < -0.3 is 10.4 Å². The van der Waals surface area contributed by atoms with Crippen molar-refractivity contribution >= 4 is 37.4 Å². The molecule has 1 amide bonds. The smallest absolute Gasteiger partial charge is 0.481 e. The highest BCUT2D eigenvalue weighted by atomic mass is 32.2. The second kappa shape index (κ2) is 10.2. The highest BCUT2D eigenvalue weighted by Gasteiger charge is 2.56. The third-order valence-corrected chi connectivity index (χ3v) is 8.67. The highest BCUT2D eigenvalue weighted by Crippen LogP contribution is 2.54. The number of carboxylic acids is 1. The van der Waals surface area contributed by atoms with Crippen molar-refractivity contribution in [2.24, 2.45) is 5.92 Å². The molecule has 2 aromatic carbocycles. The molecule has 14 heteroatoms. The largest absolute Gasteiger partial charge is 0.501 e. The molecule has 0 heterocycles. The number of halogens is 3. The molecule has 0 spiro atoms.